The SMILES string of the molecule is N#Cc1cc(C(=O)N(CC(N)=O)CC(CCN2CCC(N3CCCCC3)CC2)c2ccc(Cl)c(Cl)c2)c2ccccc2c1. The minimum atomic E-state index is -0.596. The van der Waals surface area contributed by atoms with Crippen molar-refractivity contribution in [3.63, 3.8) is 0 Å². The molecule has 9 heteroatoms. The number of likely N-dealkylation sites (tertiary alicyclic amines) is 2. The molecule has 0 spiro atoms. The first-order valence-corrected chi connectivity index (χ1v) is 16.0. The van der Waals surface area contributed by atoms with Crippen molar-refractivity contribution in [1.29, 1.82) is 5.26 Å². The van der Waals surface area contributed by atoms with Crippen molar-refractivity contribution in [2.24, 2.45) is 5.73 Å². The van der Waals surface area contributed by atoms with Crippen LogP contribution in [0.4, 0.5) is 0 Å². The molecule has 2 fully saturated rings. The highest BCUT2D eigenvalue weighted by molar-refractivity contribution is 6.42. The molecule has 2 aliphatic rings. The number of nitrogens with zero attached hydrogens (tertiary/aromatic N) is 4. The number of benzene rings is 3. The van der Waals surface area contributed by atoms with E-state index in [0.717, 1.165) is 42.4 Å². The van der Waals surface area contributed by atoms with Crippen LogP contribution in [0.2, 0.25) is 10.0 Å². The van der Waals surface area contributed by atoms with Gasteiger partial charge in [0.2, 0.25) is 5.91 Å². The van der Waals surface area contributed by atoms with Crippen molar-refractivity contribution in [2.45, 2.75) is 50.5 Å². The number of fused-ring (bicyclic) bond motifs is 1. The number of carbonyl (C=O) groups excluding carboxylic acids is 2. The summed E-state index contributed by atoms with van der Waals surface area (Å²) in [5, 5.41) is 12.1. The summed E-state index contributed by atoms with van der Waals surface area (Å²) in [6.45, 7) is 5.44. The standard InChI is InChI=1S/C34H39Cl2N5O2/c35-31-9-8-25(20-32(31)36)27(10-15-39-16-11-28(12-17-39)40-13-4-1-5-14-40)22-41(23-33(38)42)34(43)30-19-24(21-37)18-26-6-2-3-7-29(26)30/h2-3,6-9,18-20,27-28H,1,4-5,10-17,22-23H2,(H2,38,42). The van der Waals surface area contributed by atoms with Crippen LogP contribution in [0.3, 0.4) is 0 Å². The second kappa shape index (κ2) is 14.5. The lowest BCUT2D eigenvalue weighted by atomic mass is 9.93. The van der Waals surface area contributed by atoms with Gasteiger partial charge in [-0.25, -0.2) is 0 Å². The summed E-state index contributed by atoms with van der Waals surface area (Å²) >= 11 is 12.7. The van der Waals surface area contributed by atoms with Gasteiger partial charge in [0, 0.05) is 24.1 Å². The van der Waals surface area contributed by atoms with Crippen LogP contribution >= 0.6 is 23.2 Å². The lowest BCUT2D eigenvalue weighted by Crippen LogP contribution is -2.47. The Morgan fingerprint density at radius 3 is 2.42 bits per heavy atom. The molecule has 0 radical (unpaired) electrons. The number of amides is 2. The average molecular weight is 621 g/mol. The molecule has 2 amide bonds. The number of halogens is 2. The molecule has 2 aliphatic heterocycles. The maximum atomic E-state index is 14.1. The number of hydrogen-bond donors (Lipinski definition) is 1. The number of primary amides is 1. The van der Waals surface area contributed by atoms with Gasteiger partial charge in [-0.1, -0.05) is 60.0 Å². The van der Waals surface area contributed by atoms with E-state index in [1.165, 1.54) is 50.1 Å². The molecule has 1 unspecified atom stereocenters. The molecule has 3 aromatic carbocycles. The van der Waals surface area contributed by atoms with Crippen molar-refractivity contribution in [3.05, 3.63) is 81.3 Å². The zero-order chi connectivity index (χ0) is 30.3. The van der Waals surface area contributed by atoms with Crippen LogP contribution in [0.25, 0.3) is 10.8 Å². The van der Waals surface area contributed by atoms with Gasteiger partial charge in [0.15, 0.2) is 0 Å². The van der Waals surface area contributed by atoms with Gasteiger partial charge in [0.1, 0.15) is 0 Å². The van der Waals surface area contributed by atoms with Gasteiger partial charge >= 0.3 is 0 Å². The highest BCUT2D eigenvalue weighted by Crippen LogP contribution is 2.31. The molecule has 43 heavy (non-hydrogen) atoms. The Bertz CT molecular complexity index is 1490. The fraction of sp³-hybridized carbons (Fsp3) is 0.441. The predicted molar refractivity (Wildman–Crippen MR) is 172 cm³/mol. The molecule has 2 N–H and O–H groups in total. The molecular formula is C34H39Cl2N5O2. The van der Waals surface area contributed by atoms with Gasteiger partial charge in [-0.15, -0.1) is 0 Å². The first-order chi connectivity index (χ1) is 20.8. The first-order valence-electron chi connectivity index (χ1n) is 15.2. The summed E-state index contributed by atoms with van der Waals surface area (Å²) in [5.74, 6) is -1.04. The number of rotatable bonds is 10. The quantitative estimate of drug-likeness (QED) is 0.297. The molecule has 1 atom stereocenters. The van der Waals surface area contributed by atoms with Crippen LogP contribution in [0.1, 0.15) is 65.9 Å². The summed E-state index contributed by atoms with van der Waals surface area (Å²) < 4.78 is 0. The summed E-state index contributed by atoms with van der Waals surface area (Å²) in [7, 11) is 0. The molecule has 5 rings (SSSR count). The van der Waals surface area contributed by atoms with E-state index >= 15 is 0 Å². The largest absolute Gasteiger partial charge is 0.368 e. The van der Waals surface area contributed by atoms with Gasteiger partial charge in [0.25, 0.3) is 5.91 Å². The highest BCUT2D eigenvalue weighted by Gasteiger charge is 2.28. The van der Waals surface area contributed by atoms with Crippen molar-refractivity contribution in [1.82, 2.24) is 14.7 Å². The van der Waals surface area contributed by atoms with Gasteiger partial charge in [0.05, 0.1) is 28.2 Å². The van der Waals surface area contributed by atoms with Crippen molar-refractivity contribution < 1.29 is 9.59 Å². The topological polar surface area (TPSA) is 93.7 Å². The Labute approximate surface area is 264 Å². The van der Waals surface area contributed by atoms with E-state index in [2.05, 4.69) is 15.9 Å². The molecule has 2 saturated heterocycles. The predicted octanol–water partition coefficient (Wildman–Crippen LogP) is 6.07. The molecule has 7 nitrogen and oxygen atoms in total. The zero-order valence-corrected chi connectivity index (χ0v) is 26.0. The lowest BCUT2D eigenvalue weighted by Gasteiger charge is -2.40. The normalized spacial score (nSPS) is 17.4. The number of piperidine rings is 2. The van der Waals surface area contributed by atoms with Crippen LogP contribution in [-0.2, 0) is 4.79 Å². The molecule has 3 aromatic rings. The third-order valence-corrected chi connectivity index (χ3v) is 9.71. The van der Waals surface area contributed by atoms with E-state index in [-0.39, 0.29) is 24.9 Å². The zero-order valence-electron chi connectivity index (χ0n) is 24.5. The summed E-state index contributed by atoms with van der Waals surface area (Å²) in [4.78, 5) is 33.0. The van der Waals surface area contributed by atoms with E-state index < -0.39 is 5.91 Å². The minimum absolute atomic E-state index is 0.108. The number of nitrogens with two attached hydrogens (primary N) is 1. The van der Waals surface area contributed by atoms with E-state index in [1.807, 2.05) is 36.4 Å². The highest BCUT2D eigenvalue weighted by atomic mass is 35.5. The Morgan fingerprint density at radius 2 is 1.72 bits per heavy atom. The van der Waals surface area contributed by atoms with E-state index in [0.29, 0.717) is 27.2 Å². The number of hydrogen-bond acceptors (Lipinski definition) is 5. The molecular weight excluding hydrogens is 581 g/mol. The monoisotopic (exact) mass is 619 g/mol. The molecule has 0 aromatic heterocycles. The van der Waals surface area contributed by atoms with Crippen LogP contribution in [0.5, 0.6) is 0 Å². The summed E-state index contributed by atoms with van der Waals surface area (Å²) in [6, 6.07) is 19.2. The smallest absolute Gasteiger partial charge is 0.255 e. The van der Waals surface area contributed by atoms with E-state index in [4.69, 9.17) is 28.9 Å². The number of carbonyl (C=O) groups is 2. The van der Waals surface area contributed by atoms with Crippen LogP contribution in [-0.4, -0.2) is 78.4 Å². The van der Waals surface area contributed by atoms with Gasteiger partial charge in [-0.05, 0) is 105 Å². The van der Waals surface area contributed by atoms with E-state index in [1.54, 1.807) is 18.2 Å². The average Bonchev–Trinajstić information content (AvgIpc) is 3.03. The Kier molecular flexibility index (Phi) is 10.6. The fourth-order valence-electron chi connectivity index (χ4n) is 6.66. The molecule has 0 aliphatic carbocycles. The second-order valence-electron chi connectivity index (χ2n) is 11.8. The summed E-state index contributed by atoms with van der Waals surface area (Å²) in [6.07, 6.45) is 7.08. The molecule has 0 saturated carbocycles. The maximum Gasteiger partial charge on any atom is 0.255 e. The first kappa shape index (κ1) is 31.3. The minimum Gasteiger partial charge on any atom is -0.368 e. The summed E-state index contributed by atoms with van der Waals surface area (Å²) in [5.41, 5.74) is 7.38. The third kappa shape index (κ3) is 7.87. The van der Waals surface area contributed by atoms with Gasteiger partial charge in [-0.2, -0.15) is 5.26 Å². The van der Waals surface area contributed by atoms with Crippen LogP contribution in [0, 0.1) is 11.3 Å². The second-order valence-corrected chi connectivity index (χ2v) is 12.7. The van der Waals surface area contributed by atoms with Gasteiger partial charge < -0.3 is 20.4 Å². The lowest BCUT2D eigenvalue weighted by molar-refractivity contribution is -0.118. The number of nitriles is 1. The Hall–Kier alpha value is -3.15. The maximum absolute atomic E-state index is 14.1. The van der Waals surface area contributed by atoms with E-state index in [9.17, 15) is 14.9 Å². The third-order valence-electron chi connectivity index (χ3n) is 8.97. The molecule has 2 heterocycles. The van der Waals surface area contributed by atoms with Crippen LogP contribution < -0.4 is 5.73 Å². The van der Waals surface area contributed by atoms with Crippen molar-refractivity contribution in [3.8, 4) is 6.07 Å². The molecule has 0 bridgehead atoms. The Balaban J connectivity index is 1.36. The van der Waals surface area contributed by atoms with Crippen LogP contribution in [0.15, 0.2) is 54.6 Å². The van der Waals surface area contributed by atoms with Crippen molar-refractivity contribution >= 4 is 45.8 Å². The molecule has 226 valence electrons. The Morgan fingerprint density at radius 1 is 0.977 bits per heavy atom. The van der Waals surface area contributed by atoms with Gasteiger partial charge in [-0.3, -0.25) is 9.59 Å². The van der Waals surface area contributed by atoms with Crippen molar-refractivity contribution in [2.75, 3.05) is 45.8 Å². The fourth-order valence-corrected chi connectivity index (χ4v) is 6.96.